The van der Waals surface area contributed by atoms with Gasteiger partial charge in [-0.25, -0.2) is 9.37 Å². The molecule has 0 saturated carbocycles. The van der Waals surface area contributed by atoms with E-state index in [2.05, 4.69) is 32.8 Å². The molecule has 2 fully saturated rings. The topological polar surface area (TPSA) is 31.8 Å². The highest BCUT2D eigenvalue weighted by atomic mass is 32.1. The molecular weight excluding hydrogens is 411 g/mol. The minimum Gasteiger partial charge on any atom is -0.378 e. The zero-order chi connectivity index (χ0) is 21.5. The van der Waals surface area contributed by atoms with Crippen molar-refractivity contribution < 1.29 is 9.13 Å². The molecular formula is C24H35FN4OS. The van der Waals surface area contributed by atoms with Crippen LogP contribution in [-0.4, -0.2) is 73.8 Å². The molecule has 170 valence electrons. The molecule has 0 bridgehead atoms. The van der Waals surface area contributed by atoms with Gasteiger partial charge in [0.2, 0.25) is 0 Å². The molecule has 2 aliphatic rings. The van der Waals surface area contributed by atoms with Crippen molar-refractivity contribution in [2.24, 2.45) is 5.92 Å². The van der Waals surface area contributed by atoms with E-state index in [0.717, 1.165) is 82.7 Å². The van der Waals surface area contributed by atoms with Crippen LogP contribution in [0.3, 0.4) is 0 Å². The van der Waals surface area contributed by atoms with E-state index in [1.165, 1.54) is 23.8 Å². The normalized spacial score (nSPS) is 20.5. The molecule has 1 aromatic heterocycles. The van der Waals surface area contributed by atoms with Gasteiger partial charge in [-0.3, -0.25) is 4.90 Å². The number of ether oxygens (including phenoxy) is 1. The highest BCUT2D eigenvalue weighted by Gasteiger charge is 2.22. The molecule has 31 heavy (non-hydrogen) atoms. The van der Waals surface area contributed by atoms with Crippen LogP contribution in [0.25, 0.3) is 0 Å². The Kier molecular flexibility index (Phi) is 8.30. The molecule has 1 atom stereocenters. The summed E-state index contributed by atoms with van der Waals surface area (Å²) in [5.74, 6) is 0.570. The van der Waals surface area contributed by atoms with Crippen LogP contribution in [0.1, 0.15) is 30.2 Å². The van der Waals surface area contributed by atoms with Crippen molar-refractivity contribution in [3.05, 3.63) is 46.7 Å². The van der Waals surface area contributed by atoms with Crippen LogP contribution in [0.15, 0.2) is 30.5 Å². The molecule has 2 aromatic rings. The van der Waals surface area contributed by atoms with Crippen LogP contribution in [0.4, 0.5) is 9.52 Å². The molecule has 4 rings (SSSR count). The van der Waals surface area contributed by atoms with E-state index in [9.17, 15) is 4.39 Å². The lowest BCUT2D eigenvalue weighted by Crippen LogP contribution is -2.41. The number of anilines is 1. The number of halogens is 1. The molecule has 5 nitrogen and oxygen atoms in total. The van der Waals surface area contributed by atoms with Crippen LogP contribution < -0.4 is 4.90 Å². The number of nitrogens with zero attached hydrogens (tertiary/aromatic N) is 4. The molecule has 2 saturated heterocycles. The van der Waals surface area contributed by atoms with Crippen LogP contribution in [-0.2, 0) is 17.7 Å². The van der Waals surface area contributed by atoms with Crippen molar-refractivity contribution in [2.45, 2.75) is 32.7 Å². The van der Waals surface area contributed by atoms with Gasteiger partial charge in [-0.1, -0.05) is 19.1 Å². The number of piperidine rings is 1. The summed E-state index contributed by atoms with van der Waals surface area (Å²) in [5, 5.41) is 1.13. The number of likely N-dealkylation sites (tertiary alicyclic amines) is 1. The number of morpholine rings is 1. The number of aromatic nitrogens is 1. The second kappa shape index (κ2) is 11.4. The van der Waals surface area contributed by atoms with Crippen molar-refractivity contribution in [3.8, 4) is 0 Å². The molecule has 2 aliphatic heterocycles. The van der Waals surface area contributed by atoms with Crippen LogP contribution >= 0.6 is 11.3 Å². The predicted octanol–water partition coefficient (Wildman–Crippen LogP) is 3.90. The Balaban J connectivity index is 1.25. The number of rotatable bonds is 9. The highest BCUT2D eigenvalue weighted by molar-refractivity contribution is 7.15. The molecule has 0 radical (unpaired) electrons. The minimum absolute atomic E-state index is 0.132. The van der Waals surface area contributed by atoms with Crippen molar-refractivity contribution >= 4 is 16.5 Å². The lowest BCUT2D eigenvalue weighted by molar-refractivity contribution is 0.122. The van der Waals surface area contributed by atoms with Crippen LogP contribution in [0.2, 0.25) is 0 Å². The predicted molar refractivity (Wildman–Crippen MR) is 125 cm³/mol. The van der Waals surface area contributed by atoms with Crippen molar-refractivity contribution in [3.63, 3.8) is 0 Å². The van der Waals surface area contributed by atoms with E-state index >= 15 is 0 Å². The van der Waals surface area contributed by atoms with Crippen molar-refractivity contribution in [2.75, 3.05) is 63.9 Å². The second-order valence-corrected chi connectivity index (χ2v) is 9.82. The summed E-state index contributed by atoms with van der Waals surface area (Å²) < 4.78 is 18.9. The lowest BCUT2D eigenvalue weighted by atomic mass is 9.97. The van der Waals surface area contributed by atoms with E-state index in [1.807, 2.05) is 23.5 Å². The monoisotopic (exact) mass is 446 g/mol. The van der Waals surface area contributed by atoms with Gasteiger partial charge in [0.1, 0.15) is 5.82 Å². The van der Waals surface area contributed by atoms with E-state index in [-0.39, 0.29) is 5.82 Å². The van der Waals surface area contributed by atoms with E-state index < -0.39 is 0 Å². The first-order valence-electron chi connectivity index (χ1n) is 11.7. The largest absolute Gasteiger partial charge is 0.378 e. The number of hydrogen-bond acceptors (Lipinski definition) is 6. The summed E-state index contributed by atoms with van der Waals surface area (Å²) in [6.45, 7) is 12.2. The average Bonchev–Trinajstić information content (AvgIpc) is 3.27. The number of benzene rings is 1. The van der Waals surface area contributed by atoms with E-state index in [4.69, 9.17) is 4.74 Å². The van der Waals surface area contributed by atoms with E-state index in [1.54, 1.807) is 6.07 Å². The summed E-state index contributed by atoms with van der Waals surface area (Å²) in [6.07, 6.45) is 5.54. The van der Waals surface area contributed by atoms with Gasteiger partial charge in [0.15, 0.2) is 5.13 Å². The van der Waals surface area contributed by atoms with Crippen molar-refractivity contribution in [1.29, 1.82) is 0 Å². The quantitative estimate of drug-likeness (QED) is 0.583. The van der Waals surface area contributed by atoms with Gasteiger partial charge in [-0.05, 0) is 56.0 Å². The summed E-state index contributed by atoms with van der Waals surface area (Å²) >= 11 is 1.83. The van der Waals surface area contributed by atoms with E-state index in [0.29, 0.717) is 5.92 Å². The highest BCUT2D eigenvalue weighted by Crippen LogP contribution is 2.25. The first kappa shape index (κ1) is 22.6. The Hall–Kier alpha value is -1.54. The number of thiazole rings is 1. The maximum absolute atomic E-state index is 13.4. The smallest absolute Gasteiger partial charge is 0.185 e. The van der Waals surface area contributed by atoms with Gasteiger partial charge in [0, 0.05) is 50.3 Å². The standard InChI is InChI=1S/C24H35FN4OS/c1-2-27(19-23-16-26-24(31-23)29-11-13-30-14-12-29)17-21-6-4-9-28(18-21)10-8-20-5-3-7-22(25)15-20/h3,5,7,15-16,21H,2,4,6,8-14,17-19H2,1H3/t21-/m1/s1. The second-order valence-electron chi connectivity index (χ2n) is 8.73. The van der Waals surface area contributed by atoms with Gasteiger partial charge >= 0.3 is 0 Å². The van der Waals surface area contributed by atoms with Gasteiger partial charge in [-0.15, -0.1) is 11.3 Å². The van der Waals surface area contributed by atoms with Crippen LogP contribution in [0.5, 0.6) is 0 Å². The first-order valence-corrected chi connectivity index (χ1v) is 12.5. The third kappa shape index (κ3) is 6.72. The fraction of sp³-hybridized carbons (Fsp3) is 0.625. The zero-order valence-corrected chi connectivity index (χ0v) is 19.5. The van der Waals surface area contributed by atoms with Gasteiger partial charge in [0.25, 0.3) is 0 Å². The fourth-order valence-electron chi connectivity index (χ4n) is 4.65. The van der Waals surface area contributed by atoms with Crippen LogP contribution in [0, 0.1) is 11.7 Å². The Bertz CT molecular complexity index is 810. The molecule has 0 aliphatic carbocycles. The summed E-state index contributed by atoms with van der Waals surface area (Å²) in [6, 6.07) is 7.03. The molecule has 0 amide bonds. The number of hydrogen-bond donors (Lipinski definition) is 0. The molecule has 0 unspecified atom stereocenters. The Morgan fingerprint density at radius 1 is 1.26 bits per heavy atom. The Labute approximate surface area is 189 Å². The lowest BCUT2D eigenvalue weighted by Gasteiger charge is -2.35. The fourth-order valence-corrected chi connectivity index (χ4v) is 5.65. The first-order chi connectivity index (χ1) is 15.2. The minimum atomic E-state index is -0.132. The zero-order valence-electron chi connectivity index (χ0n) is 18.6. The van der Waals surface area contributed by atoms with Gasteiger partial charge in [-0.2, -0.15) is 0 Å². The third-order valence-corrected chi connectivity index (χ3v) is 7.42. The Morgan fingerprint density at radius 3 is 2.94 bits per heavy atom. The summed E-state index contributed by atoms with van der Waals surface area (Å²) in [5.41, 5.74) is 1.10. The van der Waals surface area contributed by atoms with Crippen molar-refractivity contribution in [1.82, 2.24) is 14.8 Å². The average molecular weight is 447 g/mol. The van der Waals surface area contributed by atoms with Gasteiger partial charge in [0.05, 0.1) is 13.2 Å². The molecule has 0 spiro atoms. The third-order valence-electron chi connectivity index (χ3n) is 6.37. The SMILES string of the molecule is CCN(Cc1cnc(N2CCOCC2)s1)C[C@H]1CCCN(CCc2cccc(F)c2)C1. The summed E-state index contributed by atoms with van der Waals surface area (Å²) in [7, 11) is 0. The maximum Gasteiger partial charge on any atom is 0.185 e. The molecule has 7 heteroatoms. The van der Waals surface area contributed by atoms with Gasteiger partial charge < -0.3 is 14.5 Å². The Morgan fingerprint density at radius 2 is 2.13 bits per heavy atom. The molecule has 3 heterocycles. The molecule has 0 N–H and O–H groups in total. The maximum atomic E-state index is 13.4. The summed E-state index contributed by atoms with van der Waals surface area (Å²) in [4.78, 5) is 13.5. The molecule has 1 aromatic carbocycles.